The van der Waals surface area contributed by atoms with E-state index in [4.69, 9.17) is 4.52 Å². The predicted molar refractivity (Wildman–Crippen MR) is 77.1 cm³/mol. The fourth-order valence-electron chi connectivity index (χ4n) is 2.49. The van der Waals surface area contributed by atoms with Gasteiger partial charge in [-0.05, 0) is 25.0 Å². The van der Waals surface area contributed by atoms with Gasteiger partial charge in [0.2, 0.25) is 5.91 Å². The summed E-state index contributed by atoms with van der Waals surface area (Å²) < 4.78 is 32.3. The molecular weight excluding hydrogens is 306 g/mol. The first-order valence-electron chi connectivity index (χ1n) is 7.40. The van der Waals surface area contributed by atoms with Crippen LogP contribution in [0.5, 0.6) is 0 Å². The quantitative estimate of drug-likeness (QED) is 0.897. The molecule has 1 amide bonds. The lowest BCUT2D eigenvalue weighted by Crippen LogP contribution is -2.29. The van der Waals surface area contributed by atoms with Crippen LogP contribution < -0.4 is 10.6 Å². The van der Waals surface area contributed by atoms with Crippen LogP contribution in [0.25, 0.3) is 11.5 Å². The van der Waals surface area contributed by atoms with Crippen molar-refractivity contribution in [3.8, 4) is 11.5 Å². The average molecular weight is 322 g/mol. The molecule has 8 heteroatoms. The van der Waals surface area contributed by atoms with Crippen molar-refractivity contribution in [1.29, 1.82) is 0 Å². The van der Waals surface area contributed by atoms with Crippen LogP contribution in [0.15, 0.2) is 22.7 Å². The molecule has 1 aliphatic rings. The zero-order chi connectivity index (χ0) is 16.2. The van der Waals surface area contributed by atoms with E-state index in [1.165, 1.54) is 6.07 Å². The van der Waals surface area contributed by atoms with Crippen LogP contribution in [0.1, 0.15) is 25.1 Å². The number of amides is 1. The second-order valence-electron chi connectivity index (χ2n) is 5.37. The molecule has 2 aromatic rings. The molecule has 0 radical (unpaired) electrons. The van der Waals surface area contributed by atoms with Crippen molar-refractivity contribution < 1.29 is 18.1 Å². The SMILES string of the molecule is O=C1CC[C@@H](NCc2noc(-c3c(F)cccc3F)n2)CCN1. The summed E-state index contributed by atoms with van der Waals surface area (Å²) in [7, 11) is 0. The predicted octanol–water partition coefficient (Wildman–Crippen LogP) is 1.77. The maximum absolute atomic E-state index is 13.7. The van der Waals surface area contributed by atoms with Gasteiger partial charge in [-0.25, -0.2) is 8.78 Å². The zero-order valence-corrected chi connectivity index (χ0v) is 12.3. The number of nitrogens with zero attached hydrogens (tertiary/aromatic N) is 2. The summed E-state index contributed by atoms with van der Waals surface area (Å²) in [6, 6.07) is 3.70. The third-order valence-electron chi connectivity index (χ3n) is 3.73. The Kier molecular flexibility index (Phi) is 4.61. The minimum atomic E-state index is -0.749. The Morgan fingerprint density at radius 2 is 2.09 bits per heavy atom. The summed E-state index contributed by atoms with van der Waals surface area (Å²) >= 11 is 0. The molecule has 2 N–H and O–H groups in total. The number of rotatable bonds is 4. The van der Waals surface area contributed by atoms with Gasteiger partial charge in [0.1, 0.15) is 17.2 Å². The van der Waals surface area contributed by atoms with Crippen LogP contribution in [-0.2, 0) is 11.3 Å². The average Bonchev–Trinajstić information content (AvgIpc) is 2.87. The minimum Gasteiger partial charge on any atom is -0.356 e. The van der Waals surface area contributed by atoms with E-state index in [1.54, 1.807) is 0 Å². The number of benzene rings is 1. The van der Waals surface area contributed by atoms with E-state index >= 15 is 0 Å². The Hall–Kier alpha value is -2.35. The summed E-state index contributed by atoms with van der Waals surface area (Å²) in [5, 5.41) is 9.76. The second kappa shape index (κ2) is 6.82. The summed E-state index contributed by atoms with van der Waals surface area (Å²) in [4.78, 5) is 15.3. The van der Waals surface area contributed by atoms with Crippen LogP contribution >= 0.6 is 0 Å². The Bertz CT molecular complexity index is 684. The molecular formula is C15H16F2N4O2. The molecule has 2 heterocycles. The van der Waals surface area contributed by atoms with E-state index in [2.05, 4.69) is 20.8 Å². The molecule has 1 saturated heterocycles. The van der Waals surface area contributed by atoms with Crippen molar-refractivity contribution in [2.45, 2.75) is 31.8 Å². The molecule has 0 bridgehead atoms. The number of carbonyl (C=O) groups is 1. The Labute approximate surface area is 131 Å². The third kappa shape index (κ3) is 3.70. The third-order valence-corrected chi connectivity index (χ3v) is 3.73. The molecule has 1 atom stereocenters. The van der Waals surface area contributed by atoms with Gasteiger partial charge in [-0.1, -0.05) is 11.2 Å². The molecule has 1 fully saturated rings. The van der Waals surface area contributed by atoms with Gasteiger partial charge in [0.15, 0.2) is 5.82 Å². The summed E-state index contributed by atoms with van der Waals surface area (Å²) in [6.45, 7) is 0.923. The number of carbonyl (C=O) groups excluding carboxylic acids is 1. The van der Waals surface area contributed by atoms with E-state index in [-0.39, 0.29) is 23.4 Å². The lowest BCUT2D eigenvalue weighted by molar-refractivity contribution is -0.120. The van der Waals surface area contributed by atoms with Gasteiger partial charge in [-0.15, -0.1) is 0 Å². The Morgan fingerprint density at radius 3 is 2.87 bits per heavy atom. The first-order chi connectivity index (χ1) is 11.1. The standard InChI is InChI=1S/C15H16F2N4O2/c16-10-2-1-3-11(17)14(10)15-20-12(21-23-15)8-19-9-4-5-13(22)18-7-6-9/h1-3,9,19H,4-8H2,(H,18,22)/t9-/m1/s1. The first-order valence-corrected chi connectivity index (χ1v) is 7.40. The molecule has 0 aliphatic carbocycles. The summed E-state index contributed by atoms with van der Waals surface area (Å²) in [5.74, 6) is -1.32. The molecule has 0 unspecified atom stereocenters. The van der Waals surface area contributed by atoms with Crippen molar-refractivity contribution in [3.05, 3.63) is 35.7 Å². The highest BCUT2D eigenvalue weighted by Gasteiger charge is 2.19. The minimum absolute atomic E-state index is 0.0474. The van der Waals surface area contributed by atoms with Gasteiger partial charge in [0.25, 0.3) is 5.89 Å². The molecule has 1 aromatic carbocycles. The van der Waals surface area contributed by atoms with Gasteiger partial charge in [0.05, 0.1) is 6.54 Å². The number of nitrogens with one attached hydrogen (secondary N) is 2. The molecule has 6 nitrogen and oxygen atoms in total. The lowest BCUT2D eigenvalue weighted by atomic mass is 10.1. The normalized spacial score (nSPS) is 18.5. The van der Waals surface area contributed by atoms with Gasteiger partial charge < -0.3 is 15.2 Å². The fraction of sp³-hybridized carbons (Fsp3) is 0.400. The van der Waals surface area contributed by atoms with Crippen LogP contribution in [0.2, 0.25) is 0 Å². The number of hydrogen-bond donors (Lipinski definition) is 2. The van der Waals surface area contributed by atoms with E-state index < -0.39 is 11.6 Å². The Balaban J connectivity index is 1.65. The smallest absolute Gasteiger partial charge is 0.263 e. The van der Waals surface area contributed by atoms with Gasteiger partial charge >= 0.3 is 0 Å². The first kappa shape index (κ1) is 15.5. The molecule has 23 heavy (non-hydrogen) atoms. The zero-order valence-electron chi connectivity index (χ0n) is 12.3. The van der Waals surface area contributed by atoms with Crippen molar-refractivity contribution in [2.24, 2.45) is 0 Å². The van der Waals surface area contributed by atoms with Crippen molar-refractivity contribution in [1.82, 2.24) is 20.8 Å². The molecule has 1 aromatic heterocycles. The largest absolute Gasteiger partial charge is 0.356 e. The fourth-order valence-corrected chi connectivity index (χ4v) is 2.49. The van der Waals surface area contributed by atoms with Crippen LogP contribution in [0.4, 0.5) is 8.78 Å². The van der Waals surface area contributed by atoms with Crippen molar-refractivity contribution >= 4 is 5.91 Å². The monoisotopic (exact) mass is 322 g/mol. The lowest BCUT2D eigenvalue weighted by Gasteiger charge is -2.13. The highest BCUT2D eigenvalue weighted by atomic mass is 19.1. The van der Waals surface area contributed by atoms with E-state index in [0.717, 1.165) is 25.0 Å². The van der Waals surface area contributed by atoms with Gasteiger partial charge in [-0.3, -0.25) is 4.79 Å². The molecule has 1 aliphatic heterocycles. The number of hydrogen-bond acceptors (Lipinski definition) is 5. The van der Waals surface area contributed by atoms with E-state index in [0.29, 0.717) is 25.3 Å². The van der Waals surface area contributed by atoms with Gasteiger partial charge in [0, 0.05) is 19.0 Å². The topological polar surface area (TPSA) is 80.1 Å². The highest BCUT2D eigenvalue weighted by Crippen LogP contribution is 2.24. The van der Waals surface area contributed by atoms with Crippen LogP contribution in [0, 0.1) is 11.6 Å². The van der Waals surface area contributed by atoms with E-state index in [9.17, 15) is 13.6 Å². The van der Waals surface area contributed by atoms with Crippen molar-refractivity contribution in [2.75, 3.05) is 6.54 Å². The maximum atomic E-state index is 13.7. The number of halogens is 2. The van der Waals surface area contributed by atoms with Gasteiger partial charge in [-0.2, -0.15) is 4.98 Å². The van der Waals surface area contributed by atoms with Crippen LogP contribution in [0.3, 0.4) is 0 Å². The summed E-state index contributed by atoms with van der Waals surface area (Å²) in [6.07, 6.45) is 1.99. The molecule has 3 rings (SSSR count). The molecule has 122 valence electrons. The maximum Gasteiger partial charge on any atom is 0.263 e. The van der Waals surface area contributed by atoms with Crippen molar-refractivity contribution in [3.63, 3.8) is 0 Å². The highest BCUT2D eigenvalue weighted by molar-refractivity contribution is 5.76. The Morgan fingerprint density at radius 1 is 1.30 bits per heavy atom. The molecule has 0 spiro atoms. The second-order valence-corrected chi connectivity index (χ2v) is 5.37. The molecule has 0 saturated carbocycles. The summed E-state index contributed by atoms with van der Waals surface area (Å²) in [5.41, 5.74) is -0.324. The van der Waals surface area contributed by atoms with E-state index in [1.807, 2.05) is 0 Å². The van der Waals surface area contributed by atoms with Crippen LogP contribution in [-0.4, -0.2) is 28.6 Å². The number of aromatic nitrogens is 2.